The van der Waals surface area contributed by atoms with Crippen molar-refractivity contribution in [2.45, 2.75) is 69.2 Å². The summed E-state index contributed by atoms with van der Waals surface area (Å²) in [4.78, 5) is 26.1. The van der Waals surface area contributed by atoms with Crippen LogP contribution in [0.25, 0.3) is 0 Å². The average Bonchev–Trinajstić information content (AvgIpc) is 2.76. The van der Waals surface area contributed by atoms with Gasteiger partial charge in [0.05, 0.1) is 46.2 Å². The van der Waals surface area contributed by atoms with Crippen molar-refractivity contribution in [3.8, 4) is 0 Å². The van der Waals surface area contributed by atoms with Gasteiger partial charge in [-0.3, -0.25) is 9.59 Å². The fourth-order valence-corrected chi connectivity index (χ4v) is 2.98. The number of ketones is 2. The van der Waals surface area contributed by atoms with E-state index in [1.54, 1.807) is 13.8 Å². The molecule has 0 rings (SSSR count). The third-order valence-electron chi connectivity index (χ3n) is 4.93. The third-order valence-corrected chi connectivity index (χ3v) is 4.93. The maximum atomic E-state index is 13.1. The lowest BCUT2D eigenvalue weighted by atomic mass is 9.74. The molecule has 0 saturated carbocycles. The van der Waals surface area contributed by atoms with E-state index in [0.29, 0.717) is 25.7 Å². The van der Waals surface area contributed by atoms with Crippen LogP contribution in [0, 0.1) is 0 Å². The Balaban J connectivity index is 5.77. The van der Waals surface area contributed by atoms with E-state index in [9.17, 15) is 35.1 Å². The van der Waals surface area contributed by atoms with Gasteiger partial charge in [-0.15, -0.1) is 0 Å². The van der Waals surface area contributed by atoms with Crippen LogP contribution in [0.2, 0.25) is 0 Å². The van der Waals surface area contributed by atoms with Crippen LogP contribution >= 0.6 is 0 Å². The summed E-state index contributed by atoms with van der Waals surface area (Å²) in [6, 6.07) is 0. The first-order valence-corrected chi connectivity index (χ1v) is 10.4. The van der Waals surface area contributed by atoms with Gasteiger partial charge in [0.2, 0.25) is 17.2 Å². The molecular weight excluding hydrogens is 400 g/mol. The maximum Gasteiger partial charge on any atom is 0.211 e. The van der Waals surface area contributed by atoms with Gasteiger partial charge in [0.15, 0.2) is 0 Å². The minimum Gasteiger partial charge on any atom is -0.394 e. The zero-order valence-corrected chi connectivity index (χ0v) is 18.0. The Morgan fingerprint density at radius 1 is 0.733 bits per heavy atom. The molecule has 0 aliphatic rings. The SMILES string of the molecule is CCCCC(O)(CO)C(=O)C(O)(COCCOCCO)C(=O)C(O)(CO)CCCC. The number of aliphatic hydroxyl groups is 6. The number of unbranched alkanes of at least 4 members (excludes halogenated alkanes) is 2. The van der Waals surface area contributed by atoms with Crippen molar-refractivity contribution < 1.29 is 49.7 Å². The molecule has 2 unspecified atom stereocenters. The fraction of sp³-hybridized carbons (Fsp3) is 0.900. The van der Waals surface area contributed by atoms with Crippen molar-refractivity contribution >= 4 is 11.6 Å². The van der Waals surface area contributed by atoms with Crippen LogP contribution in [-0.4, -0.2) is 105 Å². The first kappa shape index (κ1) is 29.0. The molecule has 0 aromatic rings. The van der Waals surface area contributed by atoms with E-state index in [-0.39, 0.29) is 39.3 Å². The summed E-state index contributed by atoms with van der Waals surface area (Å²) >= 11 is 0. The molecule has 6 N–H and O–H groups in total. The standard InChI is InChI=1S/C20H38O10/c1-3-5-7-18(26,13-22)16(24)20(28,15-30-12-11-29-10-9-21)17(25)19(27,14-23)8-6-4-2/h21-23,26-28H,3-15H2,1-2H3. The predicted octanol–water partition coefficient (Wildman–Crippen LogP) is -1.29. The lowest BCUT2D eigenvalue weighted by molar-refractivity contribution is -0.185. The van der Waals surface area contributed by atoms with Crippen LogP contribution in [0.5, 0.6) is 0 Å². The summed E-state index contributed by atoms with van der Waals surface area (Å²) in [5, 5.41) is 60.2. The summed E-state index contributed by atoms with van der Waals surface area (Å²) in [5.41, 5.74) is -7.83. The molecule has 0 fully saturated rings. The molecule has 178 valence electrons. The lowest BCUT2D eigenvalue weighted by Crippen LogP contribution is -2.66. The van der Waals surface area contributed by atoms with E-state index in [0.717, 1.165) is 0 Å². The summed E-state index contributed by atoms with van der Waals surface area (Å²) < 4.78 is 10.2. The van der Waals surface area contributed by atoms with E-state index in [1.807, 2.05) is 0 Å². The van der Waals surface area contributed by atoms with Crippen molar-refractivity contribution in [3.63, 3.8) is 0 Å². The highest BCUT2D eigenvalue weighted by Crippen LogP contribution is 2.29. The van der Waals surface area contributed by atoms with E-state index in [2.05, 4.69) is 0 Å². The Morgan fingerprint density at radius 3 is 1.53 bits per heavy atom. The minimum absolute atomic E-state index is 0.000768. The van der Waals surface area contributed by atoms with Crippen LogP contribution in [0.4, 0.5) is 0 Å². The van der Waals surface area contributed by atoms with Crippen LogP contribution in [0.3, 0.4) is 0 Å². The largest absolute Gasteiger partial charge is 0.394 e. The van der Waals surface area contributed by atoms with Gasteiger partial charge in [-0.2, -0.15) is 0 Å². The summed E-state index contributed by atoms with van der Waals surface area (Å²) in [6.45, 7) is 0.309. The topological polar surface area (TPSA) is 174 Å². The predicted molar refractivity (Wildman–Crippen MR) is 107 cm³/mol. The van der Waals surface area contributed by atoms with Crippen LogP contribution < -0.4 is 0 Å². The zero-order chi connectivity index (χ0) is 23.3. The van der Waals surface area contributed by atoms with Gasteiger partial charge < -0.3 is 40.1 Å². The Hall–Kier alpha value is -0.980. The number of rotatable bonds is 19. The molecule has 0 amide bonds. The number of ether oxygens (including phenoxy) is 2. The molecule has 10 nitrogen and oxygen atoms in total. The number of hydrogen-bond acceptors (Lipinski definition) is 10. The zero-order valence-electron chi connectivity index (χ0n) is 18.0. The Morgan fingerprint density at radius 2 is 1.17 bits per heavy atom. The first-order chi connectivity index (χ1) is 14.1. The van der Waals surface area contributed by atoms with Crippen LogP contribution in [-0.2, 0) is 19.1 Å². The van der Waals surface area contributed by atoms with Crippen molar-refractivity contribution in [2.24, 2.45) is 0 Å². The highest BCUT2D eigenvalue weighted by Gasteiger charge is 2.58. The molecule has 2 atom stereocenters. The minimum atomic E-state index is -2.99. The molecule has 0 aromatic heterocycles. The van der Waals surface area contributed by atoms with Crippen molar-refractivity contribution in [2.75, 3.05) is 46.2 Å². The summed E-state index contributed by atoms with van der Waals surface area (Å²) in [6.07, 6.45) is 1.42. The van der Waals surface area contributed by atoms with Crippen LogP contribution in [0.1, 0.15) is 52.4 Å². The molecule has 0 bridgehead atoms. The van der Waals surface area contributed by atoms with E-state index >= 15 is 0 Å². The van der Waals surface area contributed by atoms with Gasteiger partial charge in [-0.05, 0) is 12.8 Å². The van der Waals surface area contributed by atoms with Crippen LogP contribution in [0.15, 0.2) is 0 Å². The molecule has 0 radical (unpaired) electrons. The first-order valence-electron chi connectivity index (χ1n) is 10.4. The number of carbonyl (C=O) groups excluding carboxylic acids is 2. The van der Waals surface area contributed by atoms with Gasteiger partial charge in [0.1, 0.15) is 11.2 Å². The van der Waals surface area contributed by atoms with Gasteiger partial charge >= 0.3 is 0 Å². The molecule has 30 heavy (non-hydrogen) atoms. The lowest BCUT2D eigenvalue weighted by Gasteiger charge is -2.38. The maximum absolute atomic E-state index is 13.1. The fourth-order valence-electron chi connectivity index (χ4n) is 2.98. The number of aliphatic hydroxyl groups excluding tert-OH is 3. The van der Waals surface area contributed by atoms with Crippen molar-refractivity contribution in [3.05, 3.63) is 0 Å². The normalized spacial score (nSPS) is 17.7. The second-order valence-electron chi connectivity index (χ2n) is 7.49. The molecule has 0 saturated heterocycles. The van der Waals surface area contributed by atoms with E-state index in [1.165, 1.54) is 0 Å². The van der Waals surface area contributed by atoms with Gasteiger partial charge in [0, 0.05) is 0 Å². The number of hydrogen-bond donors (Lipinski definition) is 6. The van der Waals surface area contributed by atoms with Gasteiger partial charge in [-0.25, -0.2) is 0 Å². The average molecular weight is 439 g/mol. The highest BCUT2D eigenvalue weighted by molar-refractivity contribution is 6.16. The number of Topliss-reactive ketones (excluding diaryl/α,β-unsaturated/α-hetero) is 2. The van der Waals surface area contributed by atoms with Crippen molar-refractivity contribution in [1.82, 2.24) is 0 Å². The Kier molecular flexibility index (Phi) is 13.7. The molecule has 0 heterocycles. The molecule has 0 aliphatic heterocycles. The van der Waals surface area contributed by atoms with Crippen molar-refractivity contribution in [1.29, 1.82) is 0 Å². The smallest absolute Gasteiger partial charge is 0.211 e. The molecule has 0 aromatic carbocycles. The second kappa shape index (κ2) is 14.2. The molecular formula is C20H38O10. The monoisotopic (exact) mass is 438 g/mol. The summed E-state index contributed by atoms with van der Waals surface area (Å²) in [7, 11) is 0. The summed E-state index contributed by atoms with van der Waals surface area (Å²) in [5.74, 6) is -2.79. The Labute approximate surface area is 177 Å². The molecule has 10 heteroatoms. The van der Waals surface area contributed by atoms with Gasteiger partial charge in [0.25, 0.3) is 0 Å². The third kappa shape index (κ3) is 7.93. The highest BCUT2D eigenvalue weighted by atomic mass is 16.5. The molecule has 0 spiro atoms. The Bertz CT molecular complexity index is 478. The van der Waals surface area contributed by atoms with Gasteiger partial charge in [-0.1, -0.05) is 39.5 Å². The van der Waals surface area contributed by atoms with E-state index in [4.69, 9.17) is 14.6 Å². The van der Waals surface area contributed by atoms with E-state index < -0.39 is 48.2 Å². The quantitative estimate of drug-likeness (QED) is 0.105. The molecule has 0 aliphatic carbocycles. The second-order valence-corrected chi connectivity index (χ2v) is 7.49. The number of carbonyl (C=O) groups is 2.